The van der Waals surface area contributed by atoms with Crippen LogP contribution in [0.1, 0.15) is 31.4 Å². The summed E-state index contributed by atoms with van der Waals surface area (Å²) in [6.45, 7) is 4.51. The van der Waals surface area contributed by atoms with Gasteiger partial charge in [0.25, 0.3) is 0 Å². The quantitative estimate of drug-likeness (QED) is 0.571. The average Bonchev–Trinajstić information content (AvgIpc) is 2.51. The van der Waals surface area contributed by atoms with Gasteiger partial charge >= 0.3 is 5.97 Å². The van der Waals surface area contributed by atoms with Gasteiger partial charge in [-0.2, -0.15) is 5.26 Å². The van der Waals surface area contributed by atoms with E-state index in [1.165, 1.54) is 26.4 Å². The van der Waals surface area contributed by atoms with E-state index < -0.39 is 5.97 Å². The molecular weight excluding hydrogens is 282 g/mol. The smallest absolute Gasteiger partial charge is 0.330 e. The first-order chi connectivity index (χ1) is 10.5. The molecule has 0 aliphatic heterocycles. The van der Waals surface area contributed by atoms with Crippen LogP contribution in [-0.4, -0.2) is 26.8 Å². The highest BCUT2D eigenvalue weighted by molar-refractivity contribution is 5.88. The molecule has 0 saturated carbocycles. The largest absolute Gasteiger partial charge is 0.493 e. The number of nitriles is 1. The highest BCUT2D eigenvalue weighted by Gasteiger charge is 2.13. The Bertz CT molecular complexity index is 585. The molecule has 1 aromatic carbocycles. The zero-order valence-electron chi connectivity index (χ0n) is 13.4. The van der Waals surface area contributed by atoms with Gasteiger partial charge in [0.15, 0.2) is 11.5 Å². The van der Waals surface area contributed by atoms with Crippen molar-refractivity contribution in [1.29, 1.82) is 5.26 Å². The number of benzene rings is 1. The zero-order chi connectivity index (χ0) is 16.5. The van der Waals surface area contributed by atoms with Crippen molar-refractivity contribution in [1.82, 2.24) is 0 Å². The fourth-order valence-corrected chi connectivity index (χ4v) is 1.80. The summed E-state index contributed by atoms with van der Waals surface area (Å²) in [6.07, 6.45) is 3.67. The Balaban J connectivity index is 2.87. The molecule has 118 valence electrons. The van der Waals surface area contributed by atoms with Gasteiger partial charge in [0.2, 0.25) is 0 Å². The molecule has 22 heavy (non-hydrogen) atoms. The lowest BCUT2D eigenvalue weighted by Crippen LogP contribution is -2.04. The SMILES string of the molecule is COc1ccc(/C=C/C(=O)OCCC(C)C)c(C#N)c1OC. The van der Waals surface area contributed by atoms with E-state index in [2.05, 4.69) is 19.9 Å². The fraction of sp³-hybridized carbons (Fsp3) is 0.412. The van der Waals surface area contributed by atoms with E-state index in [-0.39, 0.29) is 0 Å². The maximum Gasteiger partial charge on any atom is 0.330 e. The van der Waals surface area contributed by atoms with Crippen LogP contribution in [0.5, 0.6) is 11.5 Å². The number of rotatable bonds is 7. The van der Waals surface area contributed by atoms with Gasteiger partial charge in [-0.25, -0.2) is 4.79 Å². The molecule has 0 bridgehead atoms. The van der Waals surface area contributed by atoms with Crippen LogP contribution < -0.4 is 9.47 Å². The Hall–Kier alpha value is -2.48. The second-order valence-electron chi connectivity index (χ2n) is 5.06. The van der Waals surface area contributed by atoms with Crippen LogP contribution in [-0.2, 0) is 9.53 Å². The van der Waals surface area contributed by atoms with E-state index in [0.29, 0.717) is 35.2 Å². The molecule has 0 amide bonds. The summed E-state index contributed by atoms with van der Waals surface area (Å²) in [6, 6.07) is 5.44. The number of hydrogen-bond acceptors (Lipinski definition) is 5. The van der Waals surface area contributed by atoms with Crippen molar-refractivity contribution in [2.45, 2.75) is 20.3 Å². The number of methoxy groups -OCH3 is 2. The zero-order valence-corrected chi connectivity index (χ0v) is 13.4. The number of esters is 1. The Morgan fingerprint density at radius 3 is 2.59 bits per heavy atom. The summed E-state index contributed by atoms with van der Waals surface area (Å²) in [5, 5.41) is 9.28. The van der Waals surface area contributed by atoms with E-state index in [9.17, 15) is 10.1 Å². The van der Waals surface area contributed by atoms with Crippen molar-refractivity contribution in [3.05, 3.63) is 29.3 Å². The Morgan fingerprint density at radius 2 is 2.05 bits per heavy atom. The summed E-state index contributed by atoms with van der Waals surface area (Å²) in [5.41, 5.74) is 0.883. The molecule has 0 aromatic heterocycles. The molecule has 0 aliphatic carbocycles. The fourth-order valence-electron chi connectivity index (χ4n) is 1.80. The molecule has 0 radical (unpaired) electrons. The lowest BCUT2D eigenvalue weighted by atomic mass is 10.1. The van der Waals surface area contributed by atoms with Gasteiger partial charge in [0, 0.05) is 6.08 Å². The lowest BCUT2D eigenvalue weighted by Gasteiger charge is -2.10. The van der Waals surface area contributed by atoms with Crippen molar-refractivity contribution < 1.29 is 19.0 Å². The highest BCUT2D eigenvalue weighted by Crippen LogP contribution is 2.33. The van der Waals surface area contributed by atoms with Gasteiger partial charge in [-0.15, -0.1) is 0 Å². The summed E-state index contributed by atoms with van der Waals surface area (Å²) < 4.78 is 15.4. The minimum atomic E-state index is -0.431. The Kier molecular flexibility index (Phi) is 6.97. The minimum Gasteiger partial charge on any atom is -0.493 e. The molecule has 1 rings (SSSR count). The monoisotopic (exact) mass is 303 g/mol. The van der Waals surface area contributed by atoms with E-state index in [1.807, 2.05) is 0 Å². The molecule has 1 aromatic rings. The molecule has 0 atom stereocenters. The van der Waals surface area contributed by atoms with Gasteiger partial charge < -0.3 is 14.2 Å². The summed E-state index contributed by atoms with van der Waals surface area (Å²) in [7, 11) is 2.97. The molecule has 0 unspecified atom stereocenters. The second-order valence-corrected chi connectivity index (χ2v) is 5.06. The van der Waals surface area contributed by atoms with Gasteiger partial charge in [-0.3, -0.25) is 0 Å². The van der Waals surface area contributed by atoms with Crippen molar-refractivity contribution in [3.63, 3.8) is 0 Å². The van der Waals surface area contributed by atoms with Gasteiger partial charge in [0.05, 0.1) is 20.8 Å². The van der Waals surface area contributed by atoms with Crippen molar-refractivity contribution in [2.75, 3.05) is 20.8 Å². The first kappa shape index (κ1) is 17.6. The Morgan fingerprint density at radius 1 is 1.32 bits per heavy atom. The number of ether oxygens (including phenoxy) is 3. The predicted molar refractivity (Wildman–Crippen MR) is 83.7 cm³/mol. The molecule has 5 nitrogen and oxygen atoms in total. The molecular formula is C17H21NO4. The third-order valence-corrected chi connectivity index (χ3v) is 3.03. The third kappa shape index (κ3) is 4.81. The van der Waals surface area contributed by atoms with Crippen LogP contribution in [0.4, 0.5) is 0 Å². The lowest BCUT2D eigenvalue weighted by molar-refractivity contribution is -0.137. The van der Waals surface area contributed by atoms with Crippen molar-refractivity contribution in [2.24, 2.45) is 5.92 Å². The maximum absolute atomic E-state index is 11.6. The highest BCUT2D eigenvalue weighted by atomic mass is 16.5. The van der Waals surface area contributed by atoms with Crippen molar-refractivity contribution in [3.8, 4) is 17.6 Å². The summed E-state index contributed by atoms with van der Waals surface area (Å²) in [5.74, 6) is 0.864. The van der Waals surface area contributed by atoms with Crippen LogP contribution >= 0.6 is 0 Å². The maximum atomic E-state index is 11.6. The van der Waals surface area contributed by atoms with Gasteiger partial charge in [0.1, 0.15) is 11.6 Å². The molecule has 0 heterocycles. The third-order valence-electron chi connectivity index (χ3n) is 3.03. The molecule has 5 heteroatoms. The first-order valence-corrected chi connectivity index (χ1v) is 7.03. The van der Waals surface area contributed by atoms with E-state index in [4.69, 9.17) is 14.2 Å². The number of nitrogens with zero attached hydrogens (tertiary/aromatic N) is 1. The van der Waals surface area contributed by atoms with E-state index in [1.54, 1.807) is 12.1 Å². The van der Waals surface area contributed by atoms with Crippen LogP contribution in [0.15, 0.2) is 18.2 Å². The van der Waals surface area contributed by atoms with Gasteiger partial charge in [-0.05, 0) is 36.1 Å². The van der Waals surface area contributed by atoms with E-state index >= 15 is 0 Å². The molecule has 0 N–H and O–H groups in total. The Labute approximate surface area is 131 Å². The van der Waals surface area contributed by atoms with Crippen LogP contribution in [0.3, 0.4) is 0 Å². The summed E-state index contributed by atoms with van der Waals surface area (Å²) in [4.78, 5) is 11.6. The number of carbonyl (C=O) groups excluding carboxylic acids is 1. The predicted octanol–water partition coefficient (Wildman–Crippen LogP) is 3.18. The van der Waals surface area contributed by atoms with Gasteiger partial charge in [-0.1, -0.05) is 13.8 Å². The molecule has 0 saturated heterocycles. The van der Waals surface area contributed by atoms with Crippen LogP contribution in [0.2, 0.25) is 0 Å². The van der Waals surface area contributed by atoms with E-state index in [0.717, 1.165) is 6.42 Å². The molecule has 0 aliphatic rings. The average molecular weight is 303 g/mol. The normalized spacial score (nSPS) is 10.5. The number of hydrogen-bond donors (Lipinski definition) is 0. The second kappa shape index (κ2) is 8.73. The van der Waals surface area contributed by atoms with Crippen molar-refractivity contribution >= 4 is 12.0 Å². The first-order valence-electron chi connectivity index (χ1n) is 7.03. The van der Waals surface area contributed by atoms with Crippen LogP contribution in [0.25, 0.3) is 6.08 Å². The standard InChI is InChI=1S/C17H21NO4/c1-12(2)9-10-22-16(19)8-6-13-5-7-15(20-3)17(21-4)14(13)11-18/h5-8,12H,9-10H2,1-4H3/b8-6+. The molecule has 0 fully saturated rings. The number of carbonyl (C=O) groups is 1. The minimum absolute atomic E-state index is 0.313. The molecule has 0 spiro atoms. The topological polar surface area (TPSA) is 68.5 Å². The summed E-state index contributed by atoms with van der Waals surface area (Å²) >= 11 is 0. The van der Waals surface area contributed by atoms with Crippen LogP contribution in [0, 0.1) is 17.2 Å².